The Bertz CT molecular complexity index is 1170. The molecule has 3 rings (SSSR count). The van der Waals surface area contributed by atoms with Gasteiger partial charge >= 0.3 is 12.1 Å². The summed E-state index contributed by atoms with van der Waals surface area (Å²) in [4.78, 5) is 27.4. The smallest absolute Gasteiger partial charge is 0.422 e. The standard InChI is InChI=1S/C25H31F3N4O5/c1-4-37-22(34)23(2,3)24(35,25(26,27)28)15-7-9-16(10-8-15)32-20(29)19-18(11-12-30-21(19)33)31-17-6-5-13-36-14-17/h7-12,17,35H,4-6,13-14H2,1-3H3,(H2,29,32)(H2,30,31,33)/t17-,24?/m1/s1. The van der Waals surface area contributed by atoms with Crippen molar-refractivity contribution in [2.75, 3.05) is 30.5 Å². The van der Waals surface area contributed by atoms with E-state index in [-0.39, 0.29) is 29.7 Å². The van der Waals surface area contributed by atoms with Crippen LogP contribution in [0, 0.1) is 10.8 Å². The fourth-order valence-corrected chi connectivity index (χ4v) is 4.26. The Morgan fingerprint density at radius 1 is 1.24 bits per heavy atom. The van der Waals surface area contributed by atoms with E-state index in [1.165, 1.54) is 25.3 Å². The van der Waals surface area contributed by atoms with E-state index < -0.39 is 34.3 Å². The van der Waals surface area contributed by atoms with Gasteiger partial charge in [-0.25, -0.2) is 0 Å². The Morgan fingerprint density at radius 2 is 1.92 bits per heavy atom. The molecule has 12 heteroatoms. The van der Waals surface area contributed by atoms with Crippen LogP contribution in [-0.4, -0.2) is 53.9 Å². The molecule has 5 N–H and O–H groups in total. The van der Waals surface area contributed by atoms with Crippen LogP contribution in [0.2, 0.25) is 0 Å². The topological polar surface area (TPSA) is 137 Å². The van der Waals surface area contributed by atoms with E-state index in [9.17, 15) is 27.9 Å². The molecule has 0 amide bonds. The number of aromatic nitrogens is 1. The second-order valence-electron chi connectivity index (χ2n) is 9.28. The van der Waals surface area contributed by atoms with Crippen molar-refractivity contribution in [3.63, 3.8) is 0 Å². The highest BCUT2D eigenvalue weighted by molar-refractivity contribution is 6.09. The molecule has 1 aliphatic rings. The van der Waals surface area contributed by atoms with Crippen LogP contribution in [0.5, 0.6) is 0 Å². The average molecular weight is 525 g/mol. The van der Waals surface area contributed by atoms with E-state index in [4.69, 9.17) is 14.9 Å². The number of pyridine rings is 1. The predicted molar refractivity (Wildman–Crippen MR) is 132 cm³/mol. The van der Waals surface area contributed by atoms with Crippen LogP contribution in [-0.2, 0) is 19.9 Å². The number of H-pyrrole nitrogens is 1. The molecule has 0 spiro atoms. The molecule has 0 radical (unpaired) electrons. The second kappa shape index (κ2) is 10.9. The maximum absolute atomic E-state index is 14.1. The summed E-state index contributed by atoms with van der Waals surface area (Å²) < 4.78 is 52.6. The fourth-order valence-electron chi connectivity index (χ4n) is 4.26. The summed E-state index contributed by atoms with van der Waals surface area (Å²) >= 11 is 0. The molecule has 1 unspecified atom stereocenters. The minimum absolute atomic E-state index is 0.0207. The zero-order valence-electron chi connectivity index (χ0n) is 20.8. The van der Waals surface area contributed by atoms with Crippen molar-refractivity contribution in [1.29, 1.82) is 5.41 Å². The average Bonchev–Trinajstić information content (AvgIpc) is 2.84. The molecular formula is C25H31F3N4O5. The Morgan fingerprint density at radius 3 is 2.49 bits per heavy atom. The summed E-state index contributed by atoms with van der Waals surface area (Å²) in [6.07, 6.45) is -2.07. The number of ether oxygens (including phenoxy) is 2. The lowest BCUT2D eigenvalue weighted by Crippen LogP contribution is -2.57. The highest BCUT2D eigenvalue weighted by Crippen LogP contribution is 2.51. The monoisotopic (exact) mass is 524 g/mol. The van der Waals surface area contributed by atoms with Gasteiger partial charge in [-0.2, -0.15) is 13.2 Å². The molecule has 2 aromatic rings. The van der Waals surface area contributed by atoms with E-state index in [1.54, 1.807) is 6.07 Å². The maximum Gasteiger partial charge on any atom is 0.422 e. The molecule has 37 heavy (non-hydrogen) atoms. The third-order valence-corrected chi connectivity index (χ3v) is 6.40. The second-order valence-corrected chi connectivity index (χ2v) is 9.28. The highest BCUT2D eigenvalue weighted by Gasteiger charge is 2.66. The largest absolute Gasteiger partial charge is 0.465 e. The van der Waals surface area contributed by atoms with E-state index in [0.717, 1.165) is 38.8 Å². The number of carbonyl (C=O) groups is 1. The summed E-state index contributed by atoms with van der Waals surface area (Å²) in [5, 5.41) is 25.2. The van der Waals surface area contributed by atoms with Crippen molar-refractivity contribution in [2.24, 2.45) is 5.41 Å². The van der Waals surface area contributed by atoms with Gasteiger partial charge in [0, 0.05) is 24.5 Å². The Kier molecular flexibility index (Phi) is 8.33. The van der Waals surface area contributed by atoms with E-state index in [0.29, 0.717) is 18.9 Å². The third kappa shape index (κ3) is 5.64. The zero-order chi connectivity index (χ0) is 27.4. The first-order valence-electron chi connectivity index (χ1n) is 11.8. The molecule has 0 saturated carbocycles. The first kappa shape index (κ1) is 28.2. The minimum atomic E-state index is -5.20. The van der Waals surface area contributed by atoms with Crippen LogP contribution in [0.4, 0.5) is 24.5 Å². The summed E-state index contributed by atoms with van der Waals surface area (Å²) in [5.74, 6) is -1.49. The van der Waals surface area contributed by atoms with Crippen molar-refractivity contribution in [1.82, 2.24) is 4.98 Å². The number of benzene rings is 1. The summed E-state index contributed by atoms with van der Waals surface area (Å²) in [6, 6.07) is 6.05. The number of halogens is 3. The lowest BCUT2D eigenvalue weighted by atomic mass is 9.70. The van der Waals surface area contributed by atoms with Gasteiger partial charge in [-0.15, -0.1) is 0 Å². The van der Waals surface area contributed by atoms with Crippen LogP contribution in [0.3, 0.4) is 0 Å². The van der Waals surface area contributed by atoms with Crippen molar-refractivity contribution in [3.05, 3.63) is 58.0 Å². The molecule has 202 valence electrons. The Balaban J connectivity index is 1.87. The van der Waals surface area contributed by atoms with Gasteiger partial charge < -0.3 is 30.2 Å². The third-order valence-electron chi connectivity index (χ3n) is 6.40. The van der Waals surface area contributed by atoms with Crippen LogP contribution in [0.15, 0.2) is 41.3 Å². The van der Waals surface area contributed by atoms with Crippen LogP contribution in [0.1, 0.15) is 44.7 Å². The summed E-state index contributed by atoms with van der Waals surface area (Å²) in [6.45, 7) is 4.36. The van der Waals surface area contributed by atoms with Crippen molar-refractivity contribution < 1.29 is 32.5 Å². The van der Waals surface area contributed by atoms with Crippen molar-refractivity contribution >= 4 is 23.2 Å². The number of amidine groups is 1. The normalized spacial score (nSPS) is 18.0. The van der Waals surface area contributed by atoms with Gasteiger partial charge in [-0.3, -0.25) is 15.0 Å². The molecular weight excluding hydrogens is 493 g/mol. The molecule has 2 atom stereocenters. The molecule has 2 heterocycles. The van der Waals surface area contributed by atoms with Gasteiger partial charge in [-0.1, -0.05) is 12.1 Å². The number of nitrogens with one attached hydrogen (secondary N) is 4. The number of aromatic amines is 1. The number of hydrogen-bond donors (Lipinski definition) is 5. The van der Waals surface area contributed by atoms with Gasteiger partial charge in [0.2, 0.25) is 5.60 Å². The van der Waals surface area contributed by atoms with Crippen LogP contribution in [0.25, 0.3) is 0 Å². The Hall–Kier alpha value is -3.38. The number of rotatable bonds is 8. The number of aliphatic hydroxyl groups is 1. The molecule has 1 aromatic carbocycles. The quantitative estimate of drug-likeness (QED) is 0.202. The number of alkyl halides is 3. The minimum Gasteiger partial charge on any atom is -0.465 e. The van der Waals surface area contributed by atoms with E-state index >= 15 is 0 Å². The maximum atomic E-state index is 14.1. The van der Waals surface area contributed by atoms with Crippen LogP contribution < -0.4 is 16.2 Å². The molecule has 9 nitrogen and oxygen atoms in total. The number of hydrogen-bond acceptors (Lipinski definition) is 7. The van der Waals surface area contributed by atoms with Crippen molar-refractivity contribution in [3.8, 4) is 0 Å². The highest BCUT2D eigenvalue weighted by atomic mass is 19.4. The van der Waals surface area contributed by atoms with Crippen LogP contribution >= 0.6 is 0 Å². The first-order chi connectivity index (χ1) is 17.3. The van der Waals surface area contributed by atoms with Gasteiger partial charge in [0.05, 0.1) is 18.9 Å². The Labute approximate surface area is 211 Å². The number of carbonyl (C=O) groups excluding carboxylic acids is 1. The molecule has 1 aliphatic heterocycles. The number of anilines is 2. The molecule has 1 saturated heterocycles. The van der Waals surface area contributed by atoms with Gasteiger partial charge in [0.1, 0.15) is 16.8 Å². The molecule has 0 aliphatic carbocycles. The lowest BCUT2D eigenvalue weighted by Gasteiger charge is -2.42. The predicted octanol–water partition coefficient (Wildman–Crippen LogP) is 3.74. The molecule has 1 fully saturated rings. The fraction of sp³-hybridized carbons (Fsp3) is 0.480. The zero-order valence-corrected chi connectivity index (χ0v) is 20.8. The molecule has 0 bridgehead atoms. The van der Waals surface area contributed by atoms with Crippen molar-refractivity contribution in [2.45, 2.75) is 51.4 Å². The number of esters is 1. The van der Waals surface area contributed by atoms with Gasteiger partial charge in [0.25, 0.3) is 5.56 Å². The van der Waals surface area contributed by atoms with E-state index in [1.807, 2.05) is 0 Å². The summed E-state index contributed by atoms with van der Waals surface area (Å²) in [5.41, 5.74) is -6.38. The SMILES string of the molecule is CCOC(=O)C(C)(C)C(O)(c1ccc(NC(=N)c2c(N[C@@H]3CCCOC3)cc[nH]c2=O)cc1)C(F)(F)F. The van der Waals surface area contributed by atoms with Gasteiger partial charge in [-0.05, 0) is 57.4 Å². The van der Waals surface area contributed by atoms with Gasteiger partial charge in [0.15, 0.2) is 0 Å². The molecule has 1 aromatic heterocycles. The van der Waals surface area contributed by atoms with E-state index in [2.05, 4.69) is 15.6 Å². The summed E-state index contributed by atoms with van der Waals surface area (Å²) in [7, 11) is 0. The lowest BCUT2D eigenvalue weighted by molar-refractivity contribution is -0.303. The first-order valence-corrected chi connectivity index (χ1v) is 11.8.